The molecule has 1 rings (SSSR count). The van der Waals surface area contributed by atoms with E-state index in [1.807, 2.05) is 0 Å². The first kappa shape index (κ1) is 10.9. The maximum absolute atomic E-state index is 13.1. The summed E-state index contributed by atoms with van der Waals surface area (Å²) in [6.07, 6.45) is 0. The lowest BCUT2D eigenvalue weighted by atomic mass is 10.1. The van der Waals surface area contributed by atoms with Crippen molar-refractivity contribution in [2.45, 2.75) is 5.88 Å². The van der Waals surface area contributed by atoms with Gasteiger partial charge in [-0.3, -0.25) is 0 Å². The van der Waals surface area contributed by atoms with Gasteiger partial charge in [0.25, 0.3) is 0 Å². The Labute approximate surface area is 84.4 Å². The molecule has 0 aliphatic carbocycles. The summed E-state index contributed by atoms with van der Waals surface area (Å²) in [5.41, 5.74) is -0.236. The second kappa shape index (κ2) is 4.37. The molecule has 0 heterocycles. The summed E-state index contributed by atoms with van der Waals surface area (Å²) in [6, 6.07) is 2.00. The second-order valence-corrected chi connectivity index (χ2v) is 2.78. The van der Waals surface area contributed by atoms with E-state index in [4.69, 9.17) is 11.6 Å². The molecule has 0 amide bonds. The second-order valence-electron chi connectivity index (χ2n) is 2.51. The average molecular weight is 221 g/mol. The van der Waals surface area contributed by atoms with E-state index in [-0.39, 0.29) is 17.0 Å². The topological polar surface area (TPSA) is 26.3 Å². The molecule has 0 N–H and O–H groups in total. The van der Waals surface area contributed by atoms with Gasteiger partial charge < -0.3 is 4.74 Å². The van der Waals surface area contributed by atoms with Crippen LogP contribution in [0.2, 0.25) is 0 Å². The van der Waals surface area contributed by atoms with E-state index in [9.17, 15) is 13.6 Å². The van der Waals surface area contributed by atoms with Crippen molar-refractivity contribution in [1.29, 1.82) is 0 Å². The highest BCUT2D eigenvalue weighted by Gasteiger charge is 2.17. The zero-order valence-electron chi connectivity index (χ0n) is 7.31. The highest BCUT2D eigenvalue weighted by molar-refractivity contribution is 6.17. The van der Waals surface area contributed by atoms with Crippen molar-refractivity contribution >= 4 is 17.6 Å². The van der Waals surface area contributed by atoms with Crippen LogP contribution in [0.4, 0.5) is 8.78 Å². The first-order chi connectivity index (χ1) is 6.61. The molecule has 0 bridgehead atoms. The molecule has 0 spiro atoms. The minimum absolute atomic E-state index is 0.0543. The fourth-order valence-electron chi connectivity index (χ4n) is 1.02. The van der Waals surface area contributed by atoms with Gasteiger partial charge in [-0.05, 0) is 12.1 Å². The third kappa shape index (κ3) is 1.85. The zero-order valence-corrected chi connectivity index (χ0v) is 8.07. The molecule has 0 unspecified atom stereocenters. The lowest BCUT2D eigenvalue weighted by Gasteiger charge is -2.06. The third-order valence-corrected chi connectivity index (χ3v) is 2.00. The van der Waals surface area contributed by atoms with Crippen LogP contribution >= 0.6 is 11.6 Å². The number of carbonyl (C=O) groups is 1. The molecule has 2 nitrogen and oxygen atoms in total. The number of ether oxygens (including phenoxy) is 1. The SMILES string of the molecule is COC(=O)c1ccc(F)c(F)c1CCl. The summed E-state index contributed by atoms with van der Waals surface area (Å²) in [5, 5.41) is 0. The van der Waals surface area contributed by atoms with E-state index >= 15 is 0 Å². The summed E-state index contributed by atoms with van der Waals surface area (Å²) in [7, 11) is 1.15. The Morgan fingerprint density at radius 1 is 1.50 bits per heavy atom. The largest absolute Gasteiger partial charge is 0.465 e. The molecule has 14 heavy (non-hydrogen) atoms. The Bertz CT molecular complexity index is 366. The molecule has 0 atom stereocenters. The van der Waals surface area contributed by atoms with Crippen molar-refractivity contribution in [2.24, 2.45) is 0 Å². The van der Waals surface area contributed by atoms with Crippen LogP contribution in [0.5, 0.6) is 0 Å². The lowest BCUT2D eigenvalue weighted by Crippen LogP contribution is -2.07. The molecule has 0 aliphatic rings. The van der Waals surface area contributed by atoms with Crippen molar-refractivity contribution in [3.05, 3.63) is 34.9 Å². The molecule has 5 heteroatoms. The maximum atomic E-state index is 13.1. The van der Waals surface area contributed by atoms with Crippen molar-refractivity contribution in [1.82, 2.24) is 0 Å². The molecule has 1 aromatic carbocycles. The predicted molar refractivity (Wildman–Crippen MR) is 47.3 cm³/mol. The normalized spacial score (nSPS) is 10.0. The van der Waals surface area contributed by atoms with Crippen molar-refractivity contribution < 1.29 is 18.3 Å². The molecular weight excluding hydrogens is 214 g/mol. The van der Waals surface area contributed by atoms with Crippen LogP contribution in [0.1, 0.15) is 15.9 Å². The molecule has 0 aliphatic heterocycles. The van der Waals surface area contributed by atoms with Crippen LogP contribution in [0.3, 0.4) is 0 Å². The van der Waals surface area contributed by atoms with Crippen LogP contribution in [0, 0.1) is 11.6 Å². The minimum Gasteiger partial charge on any atom is -0.465 e. The summed E-state index contributed by atoms with van der Waals surface area (Å²) >= 11 is 5.40. The van der Waals surface area contributed by atoms with Crippen LogP contribution in [0.15, 0.2) is 12.1 Å². The molecule has 0 radical (unpaired) electrons. The fraction of sp³-hybridized carbons (Fsp3) is 0.222. The number of methoxy groups -OCH3 is 1. The molecule has 0 aromatic heterocycles. The predicted octanol–water partition coefficient (Wildman–Crippen LogP) is 2.49. The fourth-order valence-corrected chi connectivity index (χ4v) is 1.29. The van der Waals surface area contributed by atoms with Gasteiger partial charge in [0, 0.05) is 5.56 Å². The number of hydrogen-bond acceptors (Lipinski definition) is 2. The van der Waals surface area contributed by atoms with E-state index in [2.05, 4.69) is 4.74 Å². The van der Waals surface area contributed by atoms with Gasteiger partial charge in [0.2, 0.25) is 0 Å². The zero-order chi connectivity index (χ0) is 10.7. The summed E-state index contributed by atoms with van der Waals surface area (Å²) in [6.45, 7) is 0. The summed E-state index contributed by atoms with van der Waals surface area (Å²) in [5.74, 6) is -3.16. The maximum Gasteiger partial charge on any atom is 0.338 e. The monoisotopic (exact) mass is 220 g/mol. The van der Waals surface area contributed by atoms with Gasteiger partial charge in [0.1, 0.15) is 0 Å². The standard InChI is InChI=1S/C9H7ClF2O2/c1-14-9(13)5-2-3-7(11)8(12)6(5)4-10/h2-3H,4H2,1H3. The number of benzene rings is 1. The summed E-state index contributed by atoms with van der Waals surface area (Å²) in [4.78, 5) is 11.1. The number of esters is 1. The van der Waals surface area contributed by atoms with E-state index in [0.717, 1.165) is 19.2 Å². The minimum atomic E-state index is -1.11. The van der Waals surface area contributed by atoms with Gasteiger partial charge in [-0.15, -0.1) is 11.6 Å². The van der Waals surface area contributed by atoms with E-state index in [1.54, 1.807) is 0 Å². The highest BCUT2D eigenvalue weighted by atomic mass is 35.5. The third-order valence-electron chi connectivity index (χ3n) is 1.74. The number of hydrogen-bond donors (Lipinski definition) is 0. The Morgan fingerprint density at radius 3 is 2.64 bits per heavy atom. The first-order valence-electron chi connectivity index (χ1n) is 3.73. The van der Waals surface area contributed by atoms with Gasteiger partial charge in [0.05, 0.1) is 18.6 Å². The van der Waals surface area contributed by atoms with Gasteiger partial charge in [-0.25, -0.2) is 13.6 Å². The number of alkyl halides is 1. The Kier molecular flexibility index (Phi) is 3.41. The van der Waals surface area contributed by atoms with Crippen molar-refractivity contribution in [3.8, 4) is 0 Å². The summed E-state index contributed by atoms with van der Waals surface area (Å²) < 4.78 is 30.2. The molecule has 0 saturated heterocycles. The van der Waals surface area contributed by atoms with Gasteiger partial charge in [0.15, 0.2) is 11.6 Å². The van der Waals surface area contributed by atoms with Gasteiger partial charge >= 0.3 is 5.97 Å². The van der Waals surface area contributed by atoms with Crippen molar-refractivity contribution in [3.63, 3.8) is 0 Å². The van der Waals surface area contributed by atoms with Crippen molar-refractivity contribution in [2.75, 3.05) is 7.11 Å². The Hall–Kier alpha value is -1.16. The smallest absolute Gasteiger partial charge is 0.338 e. The lowest BCUT2D eigenvalue weighted by molar-refractivity contribution is 0.0599. The average Bonchev–Trinajstić information content (AvgIpc) is 2.20. The van der Waals surface area contributed by atoms with Crippen LogP contribution < -0.4 is 0 Å². The van der Waals surface area contributed by atoms with Gasteiger partial charge in [-0.2, -0.15) is 0 Å². The molecular formula is C9H7ClF2O2. The highest BCUT2D eigenvalue weighted by Crippen LogP contribution is 2.19. The van der Waals surface area contributed by atoms with Crippen LogP contribution in [-0.2, 0) is 10.6 Å². The van der Waals surface area contributed by atoms with E-state index in [0.29, 0.717) is 0 Å². The number of carbonyl (C=O) groups excluding carboxylic acids is 1. The number of halogens is 3. The van der Waals surface area contributed by atoms with E-state index in [1.165, 1.54) is 0 Å². The quantitative estimate of drug-likeness (QED) is 0.565. The Balaban J connectivity index is 3.31. The van der Waals surface area contributed by atoms with Crippen LogP contribution in [-0.4, -0.2) is 13.1 Å². The molecule has 0 fully saturated rings. The first-order valence-corrected chi connectivity index (χ1v) is 4.26. The van der Waals surface area contributed by atoms with E-state index < -0.39 is 17.6 Å². The molecule has 76 valence electrons. The number of rotatable bonds is 2. The molecule has 1 aromatic rings. The van der Waals surface area contributed by atoms with Gasteiger partial charge in [-0.1, -0.05) is 0 Å². The Morgan fingerprint density at radius 2 is 2.14 bits per heavy atom. The molecule has 0 saturated carbocycles. The van der Waals surface area contributed by atoms with Crippen LogP contribution in [0.25, 0.3) is 0 Å².